The zero-order chi connectivity index (χ0) is 17.1. The molecule has 6 heteroatoms. The summed E-state index contributed by atoms with van der Waals surface area (Å²) >= 11 is 6.43. The summed E-state index contributed by atoms with van der Waals surface area (Å²) in [5.41, 5.74) is 0.758. The summed E-state index contributed by atoms with van der Waals surface area (Å²) in [6.45, 7) is 0. The molecule has 2 fully saturated rings. The second-order valence-corrected chi connectivity index (χ2v) is 7.89. The molecule has 5 nitrogen and oxygen atoms in total. The Morgan fingerprint density at radius 3 is 2.48 bits per heavy atom. The normalized spacial score (nSPS) is 21.2. The van der Waals surface area contributed by atoms with Gasteiger partial charge in [-0.3, -0.25) is 0 Å². The molecular weight excluding hydrogens is 334 g/mol. The average molecular weight is 360 g/mol. The van der Waals surface area contributed by atoms with Crippen LogP contribution in [0, 0.1) is 0 Å². The summed E-state index contributed by atoms with van der Waals surface area (Å²) in [6, 6.07) is 8.41. The Hall–Kier alpha value is -1.62. The maximum Gasteiger partial charge on any atom is 0.177 e. The Kier molecular flexibility index (Phi) is 4.93. The van der Waals surface area contributed by atoms with Gasteiger partial charge in [0, 0.05) is 0 Å². The molecule has 0 atom stereocenters. The molecule has 1 heterocycles. The molecule has 2 aromatic rings. The van der Waals surface area contributed by atoms with Gasteiger partial charge in [-0.2, -0.15) is 0 Å². The Morgan fingerprint density at radius 1 is 1.00 bits per heavy atom. The van der Waals surface area contributed by atoms with E-state index in [4.69, 9.17) is 11.6 Å². The van der Waals surface area contributed by atoms with Gasteiger partial charge in [0.2, 0.25) is 0 Å². The number of hydrogen-bond donors (Lipinski definition) is 1. The van der Waals surface area contributed by atoms with E-state index in [9.17, 15) is 0 Å². The van der Waals surface area contributed by atoms with Crippen molar-refractivity contribution in [2.45, 2.75) is 75.8 Å². The lowest BCUT2D eigenvalue weighted by Gasteiger charge is -2.39. The van der Waals surface area contributed by atoms with Gasteiger partial charge in [0.05, 0.1) is 22.3 Å². The van der Waals surface area contributed by atoms with Gasteiger partial charge in [-0.15, -0.1) is 5.10 Å². The van der Waals surface area contributed by atoms with Crippen LogP contribution in [0.1, 0.15) is 76.1 Å². The lowest BCUT2D eigenvalue weighted by molar-refractivity contribution is 0.263. The van der Waals surface area contributed by atoms with Crippen molar-refractivity contribution in [3.63, 3.8) is 0 Å². The average Bonchev–Trinajstić information content (AvgIpc) is 3.16. The van der Waals surface area contributed by atoms with Crippen molar-refractivity contribution in [1.29, 1.82) is 0 Å². The summed E-state index contributed by atoms with van der Waals surface area (Å²) in [5.74, 6) is 0.999. The molecule has 2 aliphatic carbocycles. The van der Waals surface area contributed by atoms with Gasteiger partial charge in [-0.05, 0) is 48.2 Å². The van der Waals surface area contributed by atoms with Crippen molar-refractivity contribution in [3.05, 3.63) is 35.1 Å². The summed E-state index contributed by atoms with van der Waals surface area (Å²) in [5, 5.41) is 17.5. The first-order chi connectivity index (χ1) is 12.3. The van der Waals surface area contributed by atoms with Crippen LogP contribution in [0.5, 0.6) is 0 Å². The van der Waals surface area contributed by atoms with E-state index >= 15 is 0 Å². The van der Waals surface area contributed by atoms with E-state index in [0.717, 1.165) is 29.4 Å². The number of para-hydroxylation sites is 1. The molecule has 1 aromatic carbocycles. The first-order valence-corrected chi connectivity index (χ1v) is 9.97. The van der Waals surface area contributed by atoms with Crippen molar-refractivity contribution >= 4 is 17.3 Å². The van der Waals surface area contributed by atoms with Crippen LogP contribution in [-0.2, 0) is 5.54 Å². The van der Waals surface area contributed by atoms with Crippen molar-refractivity contribution in [2.24, 2.45) is 0 Å². The van der Waals surface area contributed by atoms with E-state index in [2.05, 4.69) is 25.5 Å². The molecule has 2 saturated carbocycles. The SMILES string of the molecule is Clc1ccccc1NC1(c2nnnn2C2CCCCC2)CCCCC1. The van der Waals surface area contributed by atoms with Crippen LogP contribution in [-0.4, -0.2) is 20.2 Å². The van der Waals surface area contributed by atoms with Crippen LogP contribution >= 0.6 is 11.6 Å². The van der Waals surface area contributed by atoms with Crippen LogP contribution in [0.2, 0.25) is 5.02 Å². The van der Waals surface area contributed by atoms with Gasteiger partial charge in [-0.1, -0.05) is 62.3 Å². The maximum atomic E-state index is 6.43. The molecule has 0 radical (unpaired) electrons. The third-order valence-corrected chi connectivity index (χ3v) is 6.13. The fourth-order valence-corrected chi connectivity index (χ4v) is 4.64. The number of halogens is 1. The highest BCUT2D eigenvalue weighted by Crippen LogP contribution is 2.42. The first kappa shape index (κ1) is 16.8. The molecule has 25 heavy (non-hydrogen) atoms. The second-order valence-electron chi connectivity index (χ2n) is 7.49. The molecule has 2 aliphatic rings. The smallest absolute Gasteiger partial charge is 0.177 e. The number of aromatic nitrogens is 4. The molecule has 0 amide bonds. The highest BCUT2D eigenvalue weighted by molar-refractivity contribution is 6.33. The van der Waals surface area contributed by atoms with Crippen molar-refractivity contribution in [2.75, 3.05) is 5.32 Å². The Balaban J connectivity index is 1.70. The molecular formula is C19H26ClN5. The molecule has 4 rings (SSSR count). The minimum atomic E-state index is -0.218. The molecule has 0 saturated heterocycles. The fourth-order valence-electron chi connectivity index (χ4n) is 4.46. The lowest BCUT2D eigenvalue weighted by atomic mass is 9.80. The fraction of sp³-hybridized carbons (Fsp3) is 0.632. The van der Waals surface area contributed by atoms with Crippen LogP contribution in [0.15, 0.2) is 24.3 Å². The molecule has 0 spiro atoms. The Morgan fingerprint density at radius 2 is 1.72 bits per heavy atom. The van der Waals surface area contributed by atoms with E-state index in [-0.39, 0.29) is 5.54 Å². The van der Waals surface area contributed by atoms with Gasteiger partial charge in [0.25, 0.3) is 0 Å². The summed E-state index contributed by atoms with van der Waals surface area (Å²) < 4.78 is 2.12. The van der Waals surface area contributed by atoms with Gasteiger partial charge in [-0.25, -0.2) is 4.68 Å². The van der Waals surface area contributed by atoms with Gasteiger partial charge >= 0.3 is 0 Å². The number of nitrogens with one attached hydrogen (secondary N) is 1. The van der Waals surface area contributed by atoms with E-state index in [1.54, 1.807) is 0 Å². The summed E-state index contributed by atoms with van der Waals surface area (Å²) in [4.78, 5) is 0. The maximum absolute atomic E-state index is 6.43. The number of nitrogens with zero attached hydrogens (tertiary/aromatic N) is 4. The zero-order valence-corrected chi connectivity index (χ0v) is 15.4. The standard InChI is InChI=1S/C19H26ClN5/c20-16-11-5-6-12-17(16)21-19(13-7-2-8-14-19)18-22-23-24-25(18)15-9-3-1-4-10-15/h5-6,11-12,15,21H,1-4,7-10,13-14H2. The van der Waals surface area contributed by atoms with Crippen molar-refractivity contribution in [1.82, 2.24) is 20.2 Å². The molecule has 0 aliphatic heterocycles. The Labute approximate surface area is 154 Å². The highest BCUT2D eigenvalue weighted by Gasteiger charge is 2.40. The van der Waals surface area contributed by atoms with Gasteiger partial charge in [0.1, 0.15) is 0 Å². The van der Waals surface area contributed by atoms with Crippen LogP contribution in [0.25, 0.3) is 0 Å². The molecule has 1 N–H and O–H groups in total. The van der Waals surface area contributed by atoms with Crippen LogP contribution in [0.3, 0.4) is 0 Å². The molecule has 0 bridgehead atoms. The highest BCUT2D eigenvalue weighted by atomic mass is 35.5. The van der Waals surface area contributed by atoms with Crippen LogP contribution in [0.4, 0.5) is 5.69 Å². The number of hydrogen-bond acceptors (Lipinski definition) is 4. The summed E-state index contributed by atoms with van der Waals surface area (Å²) in [6.07, 6.45) is 12.0. The van der Waals surface area contributed by atoms with E-state index < -0.39 is 0 Å². The zero-order valence-electron chi connectivity index (χ0n) is 14.6. The third kappa shape index (κ3) is 3.39. The number of tetrazole rings is 1. The van der Waals surface area contributed by atoms with Crippen LogP contribution < -0.4 is 5.32 Å². The number of rotatable bonds is 4. The lowest BCUT2D eigenvalue weighted by Crippen LogP contribution is -2.41. The number of benzene rings is 1. The van der Waals surface area contributed by atoms with Crippen molar-refractivity contribution < 1.29 is 0 Å². The largest absolute Gasteiger partial charge is 0.371 e. The second kappa shape index (κ2) is 7.32. The molecule has 134 valence electrons. The predicted octanol–water partition coefficient (Wildman–Crippen LogP) is 5.10. The number of anilines is 1. The monoisotopic (exact) mass is 359 g/mol. The molecule has 1 aromatic heterocycles. The predicted molar refractivity (Wildman–Crippen MR) is 99.8 cm³/mol. The Bertz CT molecular complexity index is 701. The van der Waals surface area contributed by atoms with Crippen molar-refractivity contribution in [3.8, 4) is 0 Å². The van der Waals surface area contributed by atoms with E-state index in [1.165, 1.54) is 51.4 Å². The molecule has 0 unspecified atom stereocenters. The van der Waals surface area contributed by atoms with Gasteiger partial charge in [0.15, 0.2) is 5.82 Å². The van der Waals surface area contributed by atoms with Gasteiger partial charge < -0.3 is 5.32 Å². The quantitative estimate of drug-likeness (QED) is 0.824. The van der Waals surface area contributed by atoms with E-state index in [1.807, 2.05) is 24.3 Å². The summed E-state index contributed by atoms with van der Waals surface area (Å²) in [7, 11) is 0. The van der Waals surface area contributed by atoms with E-state index in [0.29, 0.717) is 6.04 Å². The first-order valence-electron chi connectivity index (χ1n) is 9.60. The third-order valence-electron chi connectivity index (χ3n) is 5.80. The minimum Gasteiger partial charge on any atom is -0.371 e. The minimum absolute atomic E-state index is 0.218. The topological polar surface area (TPSA) is 55.6 Å².